The maximum Gasteiger partial charge on any atom is -1.00 e. The number of hydrogen-bond donors (Lipinski definition) is 0. The Morgan fingerprint density at radius 3 is 1.72 bits per heavy atom. The fourth-order valence-corrected chi connectivity index (χ4v) is 9.86. The monoisotopic (exact) mass is 681 g/mol. The minimum atomic E-state index is -0.676. The summed E-state index contributed by atoms with van der Waals surface area (Å²) >= 11 is -0.676. The second-order valence-electron chi connectivity index (χ2n) is 15.7. The van der Waals surface area contributed by atoms with Gasteiger partial charge in [-0.2, -0.15) is 0 Å². The standard InChI is InChI=1S/C30H37.C13H10.2ClH.Ti/c1-28(2,3)21-14-15-22-20(16-21)17-24-23(22)18-25(29(4,5)6)27(30(7,8)9)26(24)19-12-10-11-13-19;1-3-7-12(8-4-1)11-13-9-5-2-6-10-13;;;/h10-12,14-18H,13H2,1-9H3;1-10H;2*1H;/q;;;;+2/p-2. The van der Waals surface area contributed by atoms with Gasteiger partial charge in [-0.1, -0.05) is 0 Å². The largest absolute Gasteiger partial charge is 1.00 e. The average molecular weight is 683 g/mol. The van der Waals surface area contributed by atoms with Crippen molar-refractivity contribution in [3.63, 3.8) is 0 Å². The van der Waals surface area contributed by atoms with Crippen LogP contribution >= 0.6 is 0 Å². The second kappa shape index (κ2) is 13.6. The zero-order chi connectivity index (χ0) is 31.4. The first-order valence-electron chi connectivity index (χ1n) is 16.2. The molecular formula is C43H47Cl2Ti. The third kappa shape index (κ3) is 6.88. The molecule has 1 unspecified atom stereocenters. The molecule has 2 aliphatic rings. The number of fused-ring (bicyclic) bond motifs is 3. The Balaban J connectivity index is 0.00000240. The average Bonchev–Trinajstić information content (AvgIpc) is 3.61. The van der Waals surface area contributed by atoms with Gasteiger partial charge in [0.15, 0.2) is 0 Å². The van der Waals surface area contributed by atoms with E-state index in [1.165, 1.54) is 53.9 Å². The second-order valence-corrected chi connectivity index (χ2v) is 17.8. The van der Waals surface area contributed by atoms with Crippen LogP contribution in [-0.4, -0.2) is 3.81 Å². The van der Waals surface area contributed by atoms with Crippen LogP contribution in [0, 0.1) is 0 Å². The molecule has 0 aromatic heterocycles. The van der Waals surface area contributed by atoms with Crippen LogP contribution in [0.15, 0.2) is 103 Å². The van der Waals surface area contributed by atoms with Gasteiger partial charge in [0, 0.05) is 0 Å². The van der Waals surface area contributed by atoms with Gasteiger partial charge in [-0.25, -0.2) is 0 Å². The third-order valence-corrected chi connectivity index (χ3v) is 12.0. The van der Waals surface area contributed by atoms with Crippen LogP contribution in [0.3, 0.4) is 0 Å². The molecule has 1 atom stereocenters. The number of hydrogen-bond acceptors (Lipinski definition) is 0. The van der Waals surface area contributed by atoms with Crippen molar-refractivity contribution < 1.29 is 43.5 Å². The van der Waals surface area contributed by atoms with E-state index in [2.05, 4.69) is 165 Å². The number of rotatable bonds is 4. The minimum absolute atomic E-state index is 0. The molecule has 6 rings (SSSR count). The van der Waals surface area contributed by atoms with Gasteiger partial charge in [-0.3, -0.25) is 0 Å². The van der Waals surface area contributed by atoms with Crippen molar-refractivity contribution >= 4 is 9.38 Å². The molecule has 0 radical (unpaired) electrons. The van der Waals surface area contributed by atoms with Crippen LogP contribution in [0.4, 0.5) is 0 Å². The Bertz CT molecular complexity index is 1760. The molecule has 0 bridgehead atoms. The maximum atomic E-state index is 2.61. The van der Waals surface area contributed by atoms with Gasteiger partial charge >= 0.3 is 276 Å². The summed E-state index contributed by atoms with van der Waals surface area (Å²) in [5, 5.41) is 0. The SMILES string of the molecule is CC(C)(C)c1ccc2c(c1)[CH]([Ti+2]=[C](c1ccccc1)c1ccccc1)c1c-2cc(C(C)(C)C)c(C(C)(C)C)c1C1=CC=CC1.[Cl-].[Cl-]. The van der Waals surface area contributed by atoms with E-state index < -0.39 is 18.7 Å². The molecule has 46 heavy (non-hydrogen) atoms. The van der Waals surface area contributed by atoms with Crippen molar-refractivity contribution in [2.45, 2.75) is 89.2 Å². The molecule has 4 aromatic carbocycles. The summed E-state index contributed by atoms with van der Waals surface area (Å²) in [5.41, 5.74) is 16.4. The summed E-state index contributed by atoms with van der Waals surface area (Å²) in [6.07, 6.45) is 8.02. The first-order chi connectivity index (χ1) is 20.7. The van der Waals surface area contributed by atoms with Crippen LogP contribution in [0.2, 0.25) is 0 Å². The van der Waals surface area contributed by atoms with E-state index in [4.69, 9.17) is 0 Å². The van der Waals surface area contributed by atoms with E-state index in [0.29, 0.717) is 4.22 Å². The van der Waals surface area contributed by atoms with Crippen molar-refractivity contribution in [1.29, 1.82) is 0 Å². The minimum Gasteiger partial charge on any atom is -1.00 e. The molecule has 3 heteroatoms. The number of allylic oxidation sites excluding steroid dienone is 4. The predicted molar refractivity (Wildman–Crippen MR) is 188 cm³/mol. The summed E-state index contributed by atoms with van der Waals surface area (Å²) < 4.78 is 1.92. The van der Waals surface area contributed by atoms with Crippen LogP contribution in [0.25, 0.3) is 16.7 Å². The van der Waals surface area contributed by atoms with Crippen LogP contribution < -0.4 is 24.8 Å². The Hall–Kier alpha value is -2.48. The van der Waals surface area contributed by atoms with Gasteiger partial charge in [0.2, 0.25) is 0 Å². The van der Waals surface area contributed by atoms with E-state index in [1.807, 2.05) is 0 Å². The van der Waals surface area contributed by atoms with Crippen LogP contribution in [0.5, 0.6) is 0 Å². The molecule has 0 amide bonds. The molecule has 0 saturated heterocycles. The molecule has 0 spiro atoms. The summed E-state index contributed by atoms with van der Waals surface area (Å²) in [4.78, 5) is 0. The summed E-state index contributed by atoms with van der Waals surface area (Å²) in [7, 11) is 0. The van der Waals surface area contributed by atoms with Crippen LogP contribution in [0.1, 0.15) is 117 Å². The van der Waals surface area contributed by atoms with E-state index in [0.717, 1.165) is 6.42 Å². The molecule has 2 aliphatic carbocycles. The maximum absolute atomic E-state index is 2.61. The van der Waals surface area contributed by atoms with Crippen molar-refractivity contribution in [2.75, 3.05) is 0 Å². The van der Waals surface area contributed by atoms with Gasteiger partial charge in [0.1, 0.15) is 0 Å². The van der Waals surface area contributed by atoms with Gasteiger partial charge in [-0.05, 0) is 0 Å². The predicted octanol–water partition coefficient (Wildman–Crippen LogP) is 5.35. The molecule has 0 aliphatic heterocycles. The van der Waals surface area contributed by atoms with E-state index >= 15 is 0 Å². The number of halogens is 2. The van der Waals surface area contributed by atoms with Gasteiger partial charge in [0.25, 0.3) is 0 Å². The smallest absolute Gasteiger partial charge is 1.00 e. The summed E-state index contributed by atoms with van der Waals surface area (Å²) in [5.74, 6) is 0. The van der Waals surface area contributed by atoms with Crippen molar-refractivity contribution in [1.82, 2.24) is 0 Å². The number of benzene rings is 4. The molecular weight excluding hydrogens is 635 g/mol. The Kier molecular flexibility index (Phi) is 10.7. The molecule has 4 aromatic rings. The summed E-state index contributed by atoms with van der Waals surface area (Å²) in [6, 6.07) is 32.4. The van der Waals surface area contributed by atoms with Crippen molar-refractivity contribution in [3.05, 3.63) is 148 Å². The molecule has 237 valence electrons. The molecule has 0 nitrogen and oxygen atoms in total. The fraction of sp³-hybridized carbons (Fsp3) is 0.326. The van der Waals surface area contributed by atoms with Gasteiger partial charge in [-0.15, -0.1) is 0 Å². The Morgan fingerprint density at radius 1 is 0.652 bits per heavy atom. The quantitative estimate of drug-likeness (QED) is 0.255. The molecule has 0 saturated carbocycles. The Labute approximate surface area is 299 Å². The van der Waals surface area contributed by atoms with Crippen molar-refractivity contribution in [2.24, 2.45) is 0 Å². The van der Waals surface area contributed by atoms with E-state index in [1.54, 1.807) is 11.1 Å². The topological polar surface area (TPSA) is 0 Å². The first-order valence-corrected chi connectivity index (χ1v) is 17.9. The zero-order valence-electron chi connectivity index (χ0n) is 28.9. The van der Waals surface area contributed by atoms with Crippen LogP contribution in [-0.2, 0) is 34.9 Å². The van der Waals surface area contributed by atoms with Gasteiger partial charge < -0.3 is 24.8 Å². The first kappa shape index (κ1) is 36.4. The normalized spacial score (nSPS) is 15.2. The third-order valence-electron chi connectivity index (χ3n) is 9.24. The molecule has 0 N–H and O–H groups in total. The zero-order valence-corrected chi connectivity index (χ0v) is 31.9. The molecule has 0 heterocycles. The molecule has 0 fully saturated rings. The Morgan fingerprint density at radius 2 is 1.24 bits per heavy atom. The van der Waals surface area contributed by atoms with Crippen molar-refractivity contribution in [3.8, 4) is 11.1 Å². The van der Waals surface area contributed by atoms with E-state index in [-0.39, 0.29) is 41.1 Å². The van der Waals surface area contributed by atoms with E-state index in [9.17, 15) is 0 Å². The van der Waals surface area contributed by atoms with Gasteiger partial charge in [0.05, 0.1) is 0 Å². The fourth-order valence-electron chi connectivity index (χ4n) is 7.06. The summed E-state index contributed by atoms with van der Waals surface area (Å²) in [6.45, 7) is 21.5.